The molecular weight excluding hydrogens is 190 g/mol. The van der Waals surface area contributed by atoms with Gasteiger partial charge in [-0.2, -0.15) is 0 Å². The van der Waals surface area contributed by atoms with E-state index in [0.29, 0.717) is 0 Å². The average Bonchev–Trinajstić information content (AvgIpc) is 2.84. The molecule has 1 nitrogen and oxygen atoms in total. The number of hydrogen-bond acceptors (Lipinski definition) is 2. The van der Waals surface area contributed by atoms with Gasteiger partial charge in [0.15, 0.2) is 0 Å². The molecule has 1 aromatic heterocycles. The van der Waals surface area contributed by atoms with Gasteiger partial charge in [-0.15, -0.1) is 11.3 Å². The third-order valence-corrected chi connectivity index (χ3v) is 4.58. The van der Waals surface area contributed by atoms with Gasteiger partial charge in [-0.05, 0) is 36.8 Å². The Morgan fingerprint density at radius 3 is 2.64 bits per heavy atom. The molecule has 3 rings (SSSR count). The van der Waals surface area contributed by atoms with Crippen molar-refractivity contribution in [3.63, 3.8) is 0 Å². The van der Waals surface area contributed by atoms with E-state index in [0.717, 1.165) is 12.8 Å². The van der Waals surface area contributed by atoms with Gasteiger partial charge in [-0.25, -0.2) is 0 Å². The summed E-state index contributed by atoms with van der Waals surface area (Å²) >= 11 is 1.87. The Labute approximate surface area is 87.5 Å². The van der Waals surface area contributed by atoms with E-state index in [1.54, 1.807) is 0 Å². The minimum absolute atomic E-state index is 0.0216. The van der Waals surface area contributed by atoms with Crippen LogP contribution >= 0.6 is 11.3 Å². The summed E-state index contributed by atoms with van der Waals surface area (Å²) in [4.78, 5) is 1.40. The maximum Gasteiger partial charge on any atom is 0.0508 e. The summed E-state index contributed by atoms with van der Waals surface area (Å²) in [5.41, 5.74) is 7.66. The van der Waals surface area contributed by atoms with Crippen molar-refractivity contribution in [1.29, 1.82) is 0 Å². The summed E-state index contributed by atoms with van der Waals surface area (Å²) in [5.74, 6) is 0. The van der Waals surface area contributed by atoms with Crippen LogP contribution in [0.5, 0.6) is 0 Å². The normalized spacial score (nSPS) is 18.7. The Balaban J connectivity index is 2.31. The summed E-state index contributed by atoms with van der Waals surface area (Å²) in [5, 5.41) is 1.38. The molecule has 0 aliphatic heterocycles. The van der Waals surface area contributed by atoms with Crippen LogP contribution in [0.1, 0.15) is 23.3 Å². The minimum Gasteiger partial charge on any atom is -0.321 e. The quantitative estimate of drug-likeness (QED) is 0.757. The zero-order chi connectivity index (χ0) is 9.76. The van der Waals surface area contributed by atoms with Crippen LogP contribution in [0.2, 0.25) is 0 Å². The van der Waals surface area contributed by atoms with E-state index >= 15 is 0 Å². The third-order valence-electron chi connectivity index (χ3n) is 3.08. The van der Waals surface area contributed by atoms with E-state index in [2.05, 4.69) is 31.2 Å². The van der Waals surface area contributed by atoms with E-state index < -0.39 is 0 Å². The topological polar surface area (TPSA) is 26.0 Å². The zero-order valence-electron chi connectivity index (χ0n) is 8.21. The summed E-state index contributed by atoms with van der Waals surface area (Å²) in [7, 11) is 0. The number of aryl methyl sites for hydroxylation is 1. The van der Waals surface area contributed by atoms with Gasteiger partial charge in [0.05, 0.1) is 5.54 Å². The van der Waals surface area contributed by atoms with Crippen LogP contribution in [-0.2, 0) is 5.54 Å². The first kappa shape index (κ1) is 8.45. The van der Waals surface area contributed by atoms with Gasteiger partial charge >= 0.3 is 0 Å². The number of nitrogens with two attached hydrogens (primary N) is 1. The van der Waals surface area contributed by atoms with Gasteiger partial charge in [0.2, 0.25) is 0 Å². The fourth-order valence-corrected chi connectivity index (χ4v) is 3.38. The lowest BCUT2D eigenvalue weighted by Gasteiger charge is -2.06. The molecule has 0 spiro atoms. The standard InChI is InChI=1S/C12H13NS/c1-8-9-4-2-3-5-10(9)14-11(8)12(13)6-7-12/h2-5H,6-7,13H2,1H3. The fraction of sp³-hybridized carbons (Fsp3) is 0.333. The highest BCUT2D eigenvalue weighted by Crippen LogP contribution is 2.49. The van der Waals surface area contributed by atoms with Crippen molar-refractivity contribution in [3.05, 3.63) is 34.7 Å². The number of fused-ring (bicyclic) bond motifs is 1. The average molecular weight is 203 g/mol. The molecule has 0 unspecified atom stereocenters. The first-order valence-corrected chi connectivity index (χ1v) is 5.80. The van der Waals surface area contributed by atoms with Crippen LogP contribution in [0.4, 0.5) is 0 Å². The van der Waals surface area contributed by atoms with Crippen molar-refractivity contribution in [2.24, 2.45) is 5.73 Å². The number of hydrogen-bond donors (Lipinski definition) is 1. The third kappa shape index (κ3) is 1.04. The molecule has 2 heteroatoms. The minimum atomic E-state index is 0.0216. The molecule has 2 N–H and O–H groups in total. The molecular formula is C12H13NS. The molecule has 0 bridgehead atoms. The molecule has 72 valence electrons. The van der Waals surface area contributed by atoms with Crippen molar-refractivity contribution < 1.29 is 0 Å². The van der Waals surface area contributed by atoms with Crippen molar-refractivity contribution in [1.82, 2.24) is 0 Å². The van der Waals surface area contributed by atoms with E-state index in [1.165, 1.54) is 20.5 Å². The van der Waals surface area contributed by atoms with E-state index in [-0.39, 0.29) is 5.54 Å². The summed E-state index contributed by atoms with van der Waals surface area (Å²) < 4.78 is 1.37. The number of thiophene rings is 1. The highest BCUT2D eigenvalue weighted by atomic mass is 32.1. The van der Waals surface area contributed by atoms with Gasteiger partial charge in [0, 0.05) is 9.58 Å². The Bertz CT molecular complexity index is 494. The van der Waals surface area contributed by atoms with E-state index in [9.17, 15) is 0 Å². The second-order valence-electron chi connectivity index (χ2n) is 4.21. The molecule has 1 saturated carbocycles. The molecule has 0 amide bonds. The van der Waals surface area contributed by atoms with Crippen molar-refractivity contribution in [3.8, 4) is 0 Å². The number of rotatable bonds is 1. The predicted molar refractivity (Wildman–Crippen MR) is 61.7 cm³/mol. The Hall–Kier alpha value is -0.860. The summed E-state index contributed by atoms with van der Waals surface area (Å²) in [6.07, 6.45) is 2.31. The fourth-order valence-electron chi connectivity index (χ4n) is 2.01. The maximum absolute atomic E-state index is 6.24. The monoisotopic (exact) mass is 203 g/mol. The van der Waals surface area contributed by atoms with Crippen LogP contribution in [0.15, 0.2) is 24.3 Å². The first-order chi connectivity index (χ1) is 6.71. The highest BCUT2D eigenvalue weighted by Gasteiger charge is 2.42. The molecule has 1 heterocycles. The SMILES string of the molecule is Cc1c(C2(N)CC2)sc2ccccc12. The second kappa shape index (κ2) is 2.59. The van der Waals surface area contributed by atoms with Gasteiger partial charge in [-0.1, -0.05) is 18.2 Å². The van der Waals surface area contributed by atoms with Crippen molar-refractivity contribution in [2.45, 2.75) is 25.3 Å². The largest absolute Gasteiger partial charge is 0.321 e. The van der Waals surface area contributed by atoms with Crippen LogP contribution < -0.4 is 5.73 Å². The molecule has 1 aliphatic rings. The molecule has 0 radical (unpaired) electrons. The van der Waals surface area contributed by atoms with Gasteiger partial charge in [0.25, 0.3) is 0 Å². The molecule has 1 fully saturated rings. The van der Waals surface area contributed by atoms with Crippen molar-refractivity contribution in [2.75, 3.05) is 0 Å². The Morgan fingerprint density at radius 2 is 2.00 bits per heavy atom. The van der Waals surface area contributed by atoms with Crippen molar-refractivity contribution >= 4 is 21.4 Å². The highest BCUT2D eigenvalue weighted by molar-refractivity contribution is 7.19. The Morgan fingerprint density at radius 1 is 1.29 bits per heavy atom. The summed E-state index contributed by atoms with van der Waals surface area (Å²) in [6, 6.07) is 8.57. The van der Waals surface area contributed by atoms with Crippen LogP contribution in [-0.4, -0.2) is 0 Å². The lowest BCUT2D eigenvalue weighted by atomic mass is 10.1. The smallest absolute Gasteiger partial charge is 0.0508 e. The van der Waals surface area contributed by atoms with Crippen LogP contribution in [0.3, 0.4) is 0 Å². The first-order valence-electron chi connectivity index (χ1n) is 4.98. The lowest BCUT2D eigenvalue weighted by molar-refractivity contribution is 0.754. The molecule has 1 aromatic carbocycles. The van der Waals surface area contributed by atoms with Gasteiger partial charge in [0.1, 0.15) is 0 Å². The Kier molecular flexibility index (Phi) is 1.56. The molecule has 14 heavy (non-hydrogen) atoms. The van der Waals surface area contributed by atoms with Crippen LogP contribution in [0.25, 0.3) is 10.1 Å². The lowest BCUT2D eigenvalue weighted by Crippen LogP contribution is -2.17. The van der Waals surface area contributed by atoms with Crippen LogP contribution in [0, 0.1) is 6.92 Å². The van der Waals surface area contributed by atoms with E-state index in [1.807, 2.05) is 11.3 Å². The zero-order valence-corrected chi connectivity index (χ0v) is 9.03. The molecule has 0 saturated heterocycles. The molecule has 0 atom stereocenters. The molecule has 2 aromatic rings. The maximum atomic E-state index is 6.24. The predicted octanol–water partition coefficient (Wildman–Crippen LogP) is 3.16. The summed E-state index contributed by atoms with van der Waals surface area (Å²) in [6.45, 7) is 2.20. The second-order valence-corrected chi connectivity index (χ2v) is 5.26. The van der Waals surface area contributed by atoms with Gasteiger partial charge in [-0.3, -0.25) is 0 Å². The van der Waals surface area contributed by atoms with Gasteiger partial charge < -0.3 is 5.73 Å². The van der Waals surface area contributed by atoms with E-state index in [4.69, 9.17) is 5.73 Å². The molecule has 1 aliphatic carbocycles. The number of benzene rings is 1.